The molecule has 0 fully saturated rings. The third-order valence-corrected chi connectivity index (χ3v) is 4.07. The van der Waals surface area contributed by atoms with Crippen LogP contribution in [0.25, 0.3) is 0 Å². The fourth-order valence-corrected chi connectivity index (χ4v) is 2.94. The molecule has 2 amide bonds. The van der Waals surface area contributed by atoms with Crippen LogP contribution in [0, 0.1) is 6.92 Å². The Labute approximate surface area is 136 Å². The Bertz CT molecular complexity index is 740. The number of para-hydroxylation sites is 1. The maximum atomic E-state index is 12.3. The van der Waals surface area contributed by atoms with Crippen molar-refractivity contribution < 1.29 is 9.59 Å². The van der Waals surface area contributed by atoms with Crippen LogP contribution in [-0.2, 0) is 22.4 Å². The molecule has 0 bridgehead atoms. The second kappa shape index (κ2) is 6.65. The maximum absolute atomic E-state index is 12.3. The Hall–Kier alpha value is -2.62. The van der Waals surface area contributed by atoms with Gasteiger partial charge in [0.25, 0.3) is 0 Å². The van der Waals surface area contributed by atoms with E-state index in [1.807, 2.05) is 55.5 Å². The highest BCUT2D eigenvalue weighted by Gasteiger charge is 2.24. The average Bonchev–Trinajstić information content (AvgIpc) is 2.97. The summed E-state index contributed by atoms with van der Waals surface area (Å²) in [6.07, 6.45) is 1.17. The molecule has 4 heteroatoms. The van der Waals surface area contributed by atoms with Crippen molar-refractivity contribution in [1.82, 2.24) is 5.32 Å². The summed E-state index contributed by atoms with van der Waals surface area (Å²) in [4.78, 5) is 26.1. The lowest BCUT2D eigenvalue weighted by molar-refractivity contribution is -0.124. The molecule has 1 aliphatic rings. The Morgan fingerprint density at radius 1 is 1.13 bits per heavy atom. The van der Waals surface area contributed by atoms with Crippen LogP contribution in [0.4, 0.5) is 5.69 Å². The average molecular weight is 308 g/mol. The lowest BCUT2D eigenvalue weighted by Gasteiger charge is -2.17. The molecule has 2 aromatic rings. The fourth-order valence-electron chi connectivity index (χ4n) is 2.94. The van der Waals surface area contributed by atoms with Crippen molar-refractivity contribution >= 4 is 17.5 Å². The van der Waals surface area contributed by atoms with E-state index in [0.717, 1.165) is 23.2 Å². The van der Waals surface area contributed by atoms with Gasteiger partial charge in [-0.1, -0.05) is 48.0 Å². The summed E-state index contributed by atoms with van der Waals surface area (Å²) in [6, 6.07) is 15.7. The normalized spacial score (nSPS) is 12.8. The van der Waals surface area contributed by atoms with Crippen molar-refractivity contribution in [2.45, 2.75) is 19.8 Å². The highest BCUT2D eigenvalue weighted by molar-refractivity contribution is 5.98. The number of anilines is 1. The van der Waals surface area contributed by atoms with Crippen LogP contribution in [0.3, 0.4) is 0 Å². The molecule has 1 aliphatic heterocycles. The molecule has 1 N–H and O–H groups in total. The van der Waals surface area contributed by atoms with E-state index in [-0.39, 0.29) is 18.4 Å². The lowest BCUT2D eigenvalue weighted by atomic mass is 10.1. The first kappa shape index (κ1) is 15.3. The van der Waals surface area contributed by atoms with Gasteiger partial charge >= 0.3 is 0 Å². The quantitative estimate of drug-likeness (QED) is 0.942. The number of benzene rings is 2. The highest BCUT2D eigenvalue weighted by Crippen LogP contribution is 2.27. The molecule has 0 saturated heterocycles. The molecule has 0 atom stereocenters. The fraction of sp³-hybridized carbons (Fsp3) is 0.263. The second-order valence-corrected chi connectivity index (χ2v) is 5.87. The molecule has 2 aromatic carbocycles. The molecule has 0 saturated carbocycles. The summed E-state index contributed by atoms with van der Waals surface area (Å²) < 4.78 is 0. The van der Waals surface area contributed by atoms with E-state index in [9.17, 15) is 9.59 Å². The summed E-state index contributed by atoms with van der Waals surface area (Å²) >= 11 is 0. The van der Waals surface area contributed by atoms with Gasteiger partial charge in [0.2, 0.25) is 11.8 Å². The van der Waals surface area contributed by atoms with E-state index in [2.05, 4.69) is 5.32 Å². The number of amides is 2. The largest absolute Gasteiger partial charge is 0.347 e. The molecule has 0 unspecified atom stereocenters. The summed E-state index contributed by atoms with van der Waals surface area (Å²) in [7, 11) is 0. The van der Waals surface area contributed by atoms with Crippen molar-refractivity contribution in [3.63, 3.8) is 0 Å². The van der Waals surface area contributed by atoms with Crippen LogP contribution in [0.5, 0.6) is 0 Å². The Balaban J connectivity index is 1.54. The topological polar surface area (TPSA) is 49.4 Å². The minimum absolute atomic E-state index is 0.0407. The number of fused-ring (bicyclic) bond motifs is 1. The van der Waals surface area contributed by atoms with Gasteiger partial charge in [0.05, 0.1) is 13.0 Å². The van der Waals surface area contributed by atoms with Crippen LogP contribution < -0.4 is 10.2 Å². The van der Waals surface area contributed by atoms with E-state index >= 15 is 0 Å². The first-order valence-corrected chi connectivity index (χ1v) is 7.84. The number of aryl methyl sites for hydroxylation is 1. The van der Waals surface area contributed by atoms with Gasteiger partial charge in [-0.15, -0.1) is 0 Å². The van der Waals surface area contributed by atoms with Crippen LogP contribution in [0.2, 0.25) is 0 Å². The van der Waals surface area contributed by atoms with E-state index < -0.39 is 0 Å². The number of carbonyl (C=O) groups excluding carboxylic acids is 2. The Morgan fingerprint density at radius 3 is 2.78 bits per heavy atom. The molecule has 4 nitrogen and oxygen atoms in total. The number of rotatable bonds is 4. The van der Waals surface area contributed by atoms with Crippen LogP contribution in [-0.4, -0.2) is 24.9 Å². The predicted molar refractivity (Wildman–Crippen MR) is 90.4 cm³/mol. The first-order valence-electron chi connectivity index (χ1n) is 7.84. The monoisotopic (exact) mass is 308 g/mol. The zero-order valence-electron chi connectivity index (χ0n) is 13.2. The van der Waals surface area contributed by atoms with Gasteiger partial charge in [-0.25, -0.2) is 0 Å². The van der Waals surface area contributed by atoms with Gasteiger partial charge in [0, 0.05) is 12.2 Å². The summed E-state index contributed by atoms with van der Waals surface area (Å²) in [5.74, 6) is -0.191. The molecule has 1 heterocycles. The summed E-state index contributed by atoms with van der Waals surface area (Å²) in [5, 5.41) is 2.73. The summed E-state index contributed by atoms with van der Waals surface area (Å²) in [5.41, 5.74) is 4.24. The maximum Gasteiger partial charge on any atom is 0.246 e. The Morgan fingerprint density at radius 2 is 1.96 bits per heavy atom. The third kappa shape index (κ3) is 3.59. The van der Waals surface area contributed by atoms with E-state index in [0.29, 0.717) is 13.0 Å². The molecule has 3 rings (SSSR count). The molecular weight excluding hydrogens is 288 g/mol. The highest BCUT2D eigenvalue weighted by atomic mass is 16.2. The molecule has 0 aromatic heterocycles. The molecule has 0 radical (unpaired) electrons. The minimum Gasteiger partial charge on any atom is -0.347 e. The van der Waals surface area contributed by atoms with E-state index in [4.69, 9.17) is 0 Å². The number of nitrogens with zero attached hydrogens (tertiary/aromatic N) is 1. The minimum atomic E-state index is -0.128. The van der Waals surface area contributed by atoms with E-state index in [1.165, 1.54) is 5.56 Å². The van der Waals surface area contributed by atoms with Crippen molar-refractivity contribution in [1.29, 1.82) is 0 Å². The molecule has 0 aliphatic carbocycles. The van der Waals surface area contributed by atoms with Gasteiger partial charge < -0.3 is 10.2 Å². The summed E-state index contributed by atoms with van der Waals surface area (Å²) in [6.45, 7) is 2.72. The van der Waals surface area contributed by atoms with Crippen LogP contribution in [0.15, 0.2) is 48.5 Å². The van der Waals surface area contributed by atoms with Gasteiger partial charge in [0.1, 0.15) is 0 Å². The number of carbonyl (C=O) groups is 2. The SMILES string of the molecule is Cc1cccc(CC(=O)NCC(=O)N2CCc3ccccc32)c1. The second-order valence-electron chi connectivity index (χ2n) is 5.87. The zero-order chi connectivity index (χ0) is 16.2. The van der Waals surface area contributed by atoms with E-state index in [1.54, 1.807) is 4.90 Å². The standard InChI is InChI=1S/C19H20N2O2/c1-14-5-4-6-15(11-14)12-18(22)20-13-19(23)21-10-9-16-7-2-3-8-17(16)21/h2-8,11H,9-10,12-13H2,1H3,(H,20,22). The lowest BCUT2D eigenvalue weighted by Crippen LogP contribution is -2.39. The number of nitrogens with one attached hydrogen (secondary N) is 1. The van der Waals surface area contributed by atoms with Gasteiger partial charge in [-0.05, 0) is 30.5 Å². The number of hydrogen-bond donors (Lipinski definition) is 1. The number of hydrogen-bond acceptors (Lipinski definition) is 2. The van der Waals surface area contributed by atoms with Crippen molar-refractivity contribution in [3.05, 3.63) is 65.2 Å². The van der Waals surface area contributed by atoms with Crippen LogP contribution >= 0.6 is 0 Å². The van der Waals surface area contributed by atoms with Gasteiger partial charge in [-0.2, -0.15) is 0 Å². The van der Waals surface area contributed by atoms with Crippen LogP contribution in [0.1, 0.15) is 16.7 Å². The zero-order valence-corrected chi connectivity index (χ0v) is 13.2. The van der Waals surface area contributed by atoms with Crippen molar-refractivity contribution in [2.75, 3.05) is 18.0 Å². The Kier molecular flexibility index (Phi) is 4.42. The van der Waals surface area contributed by atoms with Crippen molar-refractivity contribution in [3.8, 4) is 0 Å². The first-order chi connectivity index (χ1) is 11.1. The molecular formula is C19H20N2O2. The van der Waals surface area contributed by atoms with Gasteiger partial charge in [-0.3, -0.25) is 9.59 Å². The molecule has 118 valence electrons. The molecule has 23 heavy (non-hydrogen) atoms. The third-order valence-electron chi connectivity index (χ3n) is 4.07. The van der Waals surface area contributed by atoms with Gasteiger partial charge in [0.15, 0.2) is 0 Å². The van der Waals surface area contributed by atoms with Crippen molar-refractivity contribution in [2.24, 2.45) is 0 Å². The smallest absolute Gasteiger partial charge is 0.246 e. The predicted octanol–water partition coefficient (Wildman–Crippen LogP) is 2.24. The molecule has 0 spiro atoms.